The topological polar surface area (TPSA) is 37.8 Å². The van der Waals surface area contributed by atoms with Gasteiger partial charge in [-0.05, 0) is 40.5 Å². The zero-order valence-electron chi connectivity index (χ0n) is 9.24. The molecule has 0 saturated heterocycles. The van der Waals surface area contributed by atoms with Gasteiger partial charge in [-0.3, -0.25) is 4.98 Å². The third kappa shape index (κ3) is 3.17. The van der Waals surface area contributed by atoms with Crippen LogP contribution in [0.2, 0.25) is 5.02 Å². The number of halogens is 2. The molecule has 0 aliphatic rings. The Bertz CT molecular complexity index is 531. The Balaban J connectivity index is 2.10. The van der Waals surface area contributed by atoms with E-state index in [1.165, 1.54) is 0 Å². The van der Waals surface area contributed by atoms with E-state index >= 15 is 0 Å². The molecule has 88 valence electrons. The quantitative estimate of drug-likeness (QED) is 0.936. The lowest BCUT2D eigenvalue weighted by molar-refractivity contribution is 1.00. The number of hydrogen-bond acceptors (Lipinski definition) is 3. The van der Waals surface area contributed by atoms with Gasteiger partial charge in [0.15, 0.2) is 0 Å². The number of nitrogens with one attached hydrogen (secondary N) is 1. The fourth-order valence-corrected chi connectivity index (χ4v) is 2.11. The molecule has 0 unspecified atom stereocenters. The lowest BCUT2D eigenvalue weighted by atomic mass is 10.2. The number of pyridine rings is 2. The summed E-state index contributed by atoms with van der Waals surface area (Å²) in [6.45, 7) is 2.64. The van der Waals surface area contributed by atoms with E-state index < -0.39 is 0 Å². The molecule has 5 heteroatoms. The van der Waals surface area contributed by atoms with Gasteiger partial charge in [0.05, 0.1) is 17.3 Å². The number of hydrogen-bond donors (Lipinski definition) is 1. The van der Waals surface area contributed by atoms with Crippen molar-refractivity contribution in [3.05, 3.63) is 51.3 Å². The Morgan fingerprint density at radius 2 is 2.24 bits per heavy atom. The second kappa shape index (κ2) is 5.47. The van der Waals surface area contributed by atoms with Crippen LogP contribution in [0.25, 0.3) is 0 Å². The first-order valence-electron chi connectivity index (χ1n) is 5.12. The van der Waals surface area contributed by atoms with Gasteiger partial charge < -0.3 is 5.32 Å². The van der Waals surface area contributed by atoms with Crippen molar-refractivity contribution in [2.75, 3.05) is 5.32 Å². The normalized spacial score (nSPS) is 10.3. The molecule has 0 aromatic carbocycles. The maximum atomic E-state index is 6.06. The van der Waals surface area contributed by atoms with Gasteiger partial charge in [0, 0.05) is 16.9 Å². The van der Waals surface area contributed by atoms with Crippen LogP contribution in [0.15, 0.2) is 35.1 Å². The monoisotopic (exact) mass is 311 g/mol. The maximum absolute atomic E-state index is 6.06. The number of rotatable bonds is 3. The number of anilines is 1. The van der Waals surface area contributed by atoms with Crippen molar-refractivity contribution in [3.8, 4) is 0 Å². The molecule has 2 heterocycles. The lowest BCUT2D eigenvalue weighted by Gasteiger charge is -2.08. The highest BCUT2D eigenvalue weighted by atomic mass is 79.9. The van der Waals surface area contributed by atoms with Crippen LogP contribution in [0.3, 0.4) is 0 Å². The van der Waals surface area contributed by atoms with E-state index in [-0.39, 0.29) is 0 Å². The van der Waals surface area contributed by atoms with Gasteiger partial charge in [-0.1, -0.05) is 17.7 Å². The molecular formula is C12H11BrClN3. The minimum atomic E-state index is 0.591. The molecule has 2 aromatic heterocycles. The van der Waals surface area contributed by atoms with E-state index in [4.69, 9.17) is 11.6 Å². The highest BCUT2D eigenvalue weighted by Gasteiger charge is 2.04. The standard InChI is InChI=1S/C12H11BrClN3/c1-8-3-2-4-15-11(8)7-17-12-10(14)5-9(13)6-16-12/h2-6H,7H2,1H3,(H,16,17). The summed E-state index contributed by atoms with van der Waals surface area (Å²) in [5, 5.41) is 3.76. The van der Waals surface area contributed by atoms with E-state index in [0.717, 1.165) is 15.7 Å². The molecule has 0 atom stereocenters. The molecular weight excluding hydrogens is 302 g/mol. The first-order valence-corrected chi connectivity index (χ1v) is 6.29. The fraction of sp³-hybridized carbons (Fsp3) is 0.167. The zero-order chi connectivity index (χ0) is 12.3. The number of aromatic nitrogens is 2. The third-order valence-electron chi connectivity index (χ3n) is 2.35. The van der Waals surface area contributed by atoms with E-state index in [2.05, 4.69) is 31.2 Å². The van der Waals surface area contributed by atoms with Crippen LogP contribution in [-0.4, -0.2) is 9.97 Å². The van der Waals surface area contributed by atoms with Gasteiger partial charge in [0.25, 0.3) is 0 Å². The summed E-state index contributed by atoms with van der Waals surface area (Å²) in [7, 11) is 0. The van der Waals surface area contributed by atoms with E-state index in [1.54, 1.807) is 12.4 Å². The zero-order valence-corrected chi connectivity index (χ0v) is 11.6. The fourth-order valence-electron chi connectivity index (χ4n) is 1.42. The Morgan fingerprint density at radius 1 is 1.41 bits per heavy atom. The van der Waals surface area contributed by atoms with Gasteiger partial charge in [0.2, 0.25) is 0 Å². The highest BCUT2D eigenvalue weighted by molar-refractivity contribution is 9.10. The Hall–Kier alpha value is -1.13. The highest BCUT2D eigenvalue weighted by Crippen LogP contribution is 2.23. The lowest BCUT2D eigenvalue weighted by Crippen LogP contribution is -2.05. The molecule has 0 radical (unpaired) electrons. The summed E-state index contributed by atoms with van der Waals surface area (Å²) in [6.07, 6.45) is 3.49. The number of nitrogens with zero attached hydrogens (tertiary/aromatic N) is 2. The van der Waals surface area contributed by atoms with Crippen molar-refractivity contribution in [1.82, 2.24) is 9.97 Å². The van der Waals surface area contributed by atoms with Crippen molar-refractivity contribution in [3.63, 3.8) is 0 Å². The van der Waals surface area contributed by atoms with Gasteiger partial charge in [0.1, 0.15) is 5.82 Å². The molecule has 2 aromatic rings. The summed E-state index contributed by atoms with van der Waals surface area (Å²) in [5.74, 6) is 0.667. The van der Waals surface area contributed by atoms with Gasteiger partial charge in [-0.25, -0.2) is 4.98 Å². The molecule has 2 rings (SSSR count). The smallest absolute Gasteiger partial charge is 0.145 e. The van der Waals surface area contributed by atoms with Crippen molar-refractivity contribution in [2.24, 2.45) is 0 Å². The first-order chi connectivity index (χ1) is 8.16. The Morgan fingerprint density at radius 3 is 2.94 bits per heavy atom. The van der Waals surface area contributed by atoms with E-state index in [0.29, 0.717) is 17.4 Å². The van der Waals surface area contributed by atoms with Gasteiger partial charge in [-0.2, -0.15) is 0 Å². The molecule has 17 heavy (non-hydrogen) atoms. The minimum absolute atomic E-state index is 0.591. The second-order valence-electron chi connectivity index (χ2n) is 3.60. The van der Waals surface area contributed by atoms with Crippen LogP contribution in [0, 0.1) is 6.92 Å². The van der Waals surface area contributed by atoms with Gasteiger partial charge >= 0.3 is 0 Å². The largest absolute Gasteiger partial charge is 0.363 e. The molecule has 0 aliphatic heterocycles. The molecule has 0 bridgehead atoms. The molecule has 0 saturated carbocycles. The van der Waals surface area contributed by atoms with Crippen molar-refractivity contribution < 1.29 is 0 Å². The SMILES string of the molecule is Cc1cccnc1CNc1ncc(Br)cc1Cl. The summed E-state index contributed by atoms with van der Waals surface area (Å²) in [4.78, 5) is 8.50. The molecule has 0 fully saturated rings. The molecule has 0 aliphatic carbocycles. The Kier molecular flexibility index (Phi) is 3.97. The van der Waals surface area contributed by atoms with Crippen molar-refractivity contribution in [2.45, 2.75) is 13.5 Å². The average molecular weight is 313 g/mol. The van der Waals surface area contributed by atoms with Crippen LogP contribution in [0.1, 0.15) is 11.3 Å². The summed E-state index contributed by atoms with van der Waals surface area (Å²) < 4.78 is 0.863. The van der Waals surface area contributed by atoms with Crippen LogP contribution in [-0.2, 0) is 6.54 Å². The second-order valence-corrected chi connectivity index (χ2v) is 4.93. The predicted molar refractivity (Wildman–Crippen MR) is 73.2 cm³/mol. The molecule has 3 nitrogen and oxygen atoms in total. The molecule has 0 amide bonds. The van der Waals surface area contributed by atoms with Gasteiger partial charge in [-0.15, -0.1) is 0 Å². The summed E-state index contributed by atoms with van der Waals surface area (Å²) >= 11 is 9.38. The first kappa shape index (κ1) is 12.3. The van der Waals surface area contributed by atoms with E-state index in [1.807, 2.05) is 25.1 Å². The van der Waals surface area contributed by atoms with Crippen LogP contribution in [0.4, 0.5) is 5.82 Å². The summed E-state index contributed by atoms with van der Waals surface area (Å²) in [6, 6.07) is 5.76. The summed E-state index contributed by atoms with van der Waals surface area (Å²) in [5.41, 5.74) is 2.14. The van der Waals surface area contributed by atoms with E-state index in [9.17, 15) is 0 Å². The minimum Gasteiger partial charge on any atom is -0.363 e. The van der Waals surface area contributed by atoms with Crippen LogP contribution < -0.4 is 5.32 Å². The van der Waals surface area contributed by atoms with Crippen LogP contribution >= 0.6 is 27.5 Å². The van der Waals surface area contributed by atoms with Crippen molar-refractivity contribution in [1.29, 1.82) is 0 Å². The third-order valence-corrected chi connectivity index (χ3v) is 3.07. The maximum Gasteiger partial charge on any atom is 0.145 e. The molecule has 1 N–H and O–H groups in total. The average Bonchev–Trinajstić information content (AvgIpc) is 2.30. The molecule has 0 spiro atoms. The predicted octanol–water partition coefficient (Wildman–Crippen LogP) is 3.81. The van der Waals surface area contributed by atoms with Crippen LogP contribution in [0.5, 0.6) is 0 Å². The number of aryl methyl sites for hydroxylation is 1. The van der Waals surface area contributed by atoms with Crippen molar-refractivity contribution >= 4 is 33.3 Å². The Labute approximate surface area is 113 Å².